The summed E-state index contributed by atoms with van der Waals surface area (Å²) in [6.07, 6.45) is 1.79. The van der Waals surface area contributed by atoms with Crippen molar-refractivity contribution < 1.29 is 9.53 Å². The number of ether oxygens (including phenoxy) is 1. The fraction of sp³-hybridized carbons (Fsp3) is 0.562. The molecule has 104 valence electrons. The number of likely N-dealkylation sites (tertiary alicyclic amines) is 1. The maximum Gasteiger partial charge on any atom is 0.263 e. The third-order valence-corrected chi connectivity index (χ3v) is 3.78. The average molecular weight is 261 g/mol. The summed E-state index contributed by atoms with van der Waals surface area (Å²) < 4.78 is 5.72. The summed E-state index contributed by atoms with van der Waals surface area (Å²) in [6, 6.07) is 7.82. The number of benzene rings is 1. The van der Waals surface area contributed by atoms with Gasteiger partial charge in [-0.05, 0) is 44.7 Å². The van der Waals surface area contributed by atoms with E-state index in [1.165, 1.54) is 5.56 Å². The Labute approximate surface area is 115 Å². The van der Waals surface area contributed by atoms with E-state index in [2.05, 4.69) is 6.92 Å². The molecule has 1 atom stereocenters. The van der Waals surface area contributed by atoms with Crippen molar-refractivity contribution in [3.05, 3.63) is 29.8 Å². The van der Waals surface area contributed by atoms with E-state index in [9.17, 15) is 4.79 Å². The van der Waals surface area contributed by atoms with E-state index >= 15 is 0 Å². The van der Waals surface area contributed by atoms with Crippen LogP contribution in [0.3, 0.4) is 0 Å². The predicted octanol–water partition coefficient (Wildman–Crippen LogP) is 3.02. The first-order chi connectivity index (χ1) is 9.06. The topological polar surface area (TPSA) is 29.5 Å². The molecule has 0 spiro atoms. The number of carbonyl (C=O) groups excluding carboxylic acids is 1. The van der Waals surface area contributed by atoms with Gasteiger partial charge in [0.2, 0.25) is 0 Å². The summed E-state index contributed by atoms with van der Waals surface area (Å²) in [5.74, 6) is 1.60. The normalized spacial score (nSPS) is 18.2. The number of rotatable bonds is 3. The lowest BCUT2D eigenvalue weighted by molar-refractivity contribution is -0.139. The van der Waals surface area contributed by atoms with Crippen molar-refractivity contribution in [2.24, 2.45) is 5.92 Å². The maximum absolute atomic E-state index is 12.3. The molecule has 1 aliphatic rings. The molecule has 3 nitrogen and oxygen atoms in total. The lowest BCUT2D eigenvalue weighted by Crippen LogP contribution is -2.44. The third kappa shape index (κ3) is 3.72. The summed E-state index contributed by atoms with van der Waals surface area (Å²) >= 11 is 0. The Kier molecular flexibility index (Phi) is 4.46. The average Bonchev–Trinajstić information content (AvgIpc) is 2.41. The van der Waals surface area contributed by atoms with Crippen LogP contribution < -0.4 is 4.74 Å². The van der Waals surface area contributed by atoms with Gasteiger partial charge in [-0.3, -0.25) is 4.79 Å². The highest BCUT2D eigenvalue weighted by molar-refractivity contribution is 5.81. The molecule has 0 radical (unpaired) electrons. The van der Waals surface area contributed by atoms with Gasteiger partial charge in [-0.25, -0.2) is 0 Å². The Bertz CT molecular complexity index is 419. The summed E-state index contributed by atoms with van der Waals surface area (Å²) in [5, 5.41) is 0. The molecule has 0 saturated carbocycles. The van der Waals surface area contributed by atoms with Crippen LogP contribution >= 0.6 is 0 Å². The minimum absolute atomic E-state index is 0.104. The van der Waals surface area contributed by atoms with Crippen LogP contribution in [0.15, 0.2) is 24.3 Å². The van der Waals surface area contributed by atoms with E-state index in [4.69, 9.17) is 4.74 Å². The molecule has 0 N–H and O–H groups in total. The van der Waals surface area contributed by atoms with E-state index in [1.54, 1.807) is 0 Å². The van der Waals surface area contributed by atoms with Crippen LogP contribution in [0.4, 0.5) is 0 Å². The maximum atomic E-state index is 12.3. The van der Waals surface area contributed by atoms with Gasteiger partial charge < -0.3 is 9.64 Å². The largest absolute Gasteiger partial charge is 0.481 e. The van der Waals surface area contributed by atoms with Gasteiger partial charge >= 0.3 is 0 Å². The number of aryl methyl sites for hydroxylation is 1. The fourth-order valence-corrected chi connectivity index (χ4v) is 2.36. The summed E-state index contributed by atoms with van der Waals surface area (Å²) in [7, 11) is 0. The van der Waals surface area contributed by atoms with Gasteiger partial charge in [-0.1, -0.05) is 24.6 Å². The van der Waals surface area contributed by atoms with Crippen molar-refractivity contribution in [2.75, 3.05) is 13.1 Å². The van der Waals surface area contributed by atoms with Crippen LogP contribution in [0.1, 0.15) is 32.3 Å². The predicted molar refractivity (Wildman–Crippen MR) is 76.2 cm³/mol. The number of hydrogen-bond acceptors (Lipinski definition) is 2. The first-order valence-corrected chi connectivity index (χ1v) is 7.08. The zero-order valence-electron chi connectivity index (χ0n) is 12.1. The Hall–Kier alpha value is -1.51. The van der Waals surface area contributed by atoms with E-state index in [0.29, 0.717) is 0 Å². The number of hydrogen-bond donors (Lipinski definition) is 0. The molecular weight excluding hydrogens is 238 g/mol. The first-order valence-electron chi connectivity index (χ1n) is 7.08. The van der Waals surface area contributed by atoms with Crippen molar-refractivity contribution in [1.29, 1.82) is 0 Å². The van der Waals surface area contributed by atoms with Gasteiger partial charge in [0, 0.05) is 13.1 Å². The summed E-state index contributed by atoms with van der Waals surface area (Å²) in [4.78, 5) is 14.2. The van der Waals surface area contributed by atoms with Crippen molar-refractivity contribution in [1.82, 2.24) is 4.90 Å². The quantitative estimate of drug-likeness (QED) is 0.837. The van der Waals surface area contributed by atoms with Gasteiger partial charge in [0.05, 0.1) is 0 Å². The van der Waals surface area contributed by atoms with Gasteiger partial charge in [0.15, 0.2) is 6.10 Å². The lowest BCUT2D eigenvalue weighted by atomic mass is 9.99. The minimum atomic E-state index is -0.406. The van der Waals surface area contributed by atoms with E-state index in [-0.39, 0.29) is 5.91 Å². The smallest absolute Gasteiger partial charge is 0.263 e. The number of piperidine rings is 1. The van der Waals surface area contributed by atoms with Gasteiger partial charge in [0.1, 0.15) is 5.75 Å². The molecule has 1 aliphatic heterocycles. The number of amides is 1. The Morgan fingerprint density at radius 3 is 2.42 bits per heavy atom. The van der Waals surface area contributed by atoms with Gasteiger partial charge in [0.25, 0.3) is 5.91 Å². The van der Waals surface area contributed by atoms with E-state index in [1.807, 2.05) is 43.0 Å². The number of nitrogens with zero attached hydrogens (tertiary/aromatic N) is 1. The molecule has 1 fully saturated rings. The van der Waals surface area contributed by atoms with Crippen LogP contribution in [-0.2, 0) is 4.79 Å². The molecule has 0 aliphatic carbocycles. The fourth-order valence-electron chi connectivity index (χ4n) is 2.36. The Morgan fingerprint density at radius 1 is 1.26 bits per heavy atom. The second-order valence-corrected chi connectivity index (χ2v) is 5.58. The SMILES string of the molecule is Cc1ccc(OC(C)C(=O)N2CCC(C)CC2)cc1. The Balaban J connectivity index is 1.90. The molecule has 0 bridgehead atoms. The summed E-state index contributed by atoms with van der Waals surface area (Å²) in [6.45, 7) is 7.84. The van der Waals surface area contributed by atoms with Crippen LogP contribution in [0.5, 0.6) is 5.75 Å². The van der Waals surface area contributed by atoms with Crippen molar-refractivity contribution >= 4 is 5.91 Å². The molecule has 1 aromatic rings. The molecule has 1 unspecified atom stereocenters. The molecule has 3 heteroatoms. The van der Waals surface area contributed by atoms with Gasteiger partial charge in [-0.2, -0.15) is 0 Å². The minimum Gasteiger partial charge on any atom is -0.481 e. The standard InChI is InChI=1S/C16H23NO2/c1-12-4-6-15(7-5-12)19-14(3)16(18)17-10-8-13(2)9-11-17/h4-7,13-14H,8-11H2,1-3H3. The molecule has 1 aromatic carbocycles. The van der Waals surface area contributed by atoms with Crippen molar-refractivity contribution in [3.63, 3.8) is 0 Å². The second-order valence-electron chi connectivity index (χ2n) is 5.58. The molecule has 19 heavy (non-hydrogen) atoms. The molecule has 1 amide bonds. The Morgan fingerprint density at radius 2 is 1.84 bits per heavy atom. The highest BCUT2D eigenvalue weighted by Gasteiger charge is 2.25. The molecular formula is C16H23NO2. The van der Waals surface area contributed by atoms with Crippen LogP contribution in [-0.4, -0.2) is 30.0 Å². The van der Waals surface area contributed by atoms with Crippen LogP contribution in [0.2, 0.25) is 0 Å². The molecule has 2 rings (SSSR count). The highest BCUT2D eigenvalue weighted by Crippen LogP contribution is 2.18. The lowest BCUT2D eigenvalue weighted by Gasteiger charge is -2.32. The van der Waals surface area contributed by atoms with E-state index < -0.39 is 6.10 Å². The monoisotopic (exact) mass is 261 g/mol. The van der Waals surface area contributed by atoms with Crippen LogP contribution in [0, 0.1) is 12.8 Å². The first kappa shape index (κ1) is 13.9. The second kappa shape index (κ2) is 6.09. The molecule has 1 saturated heterocycles. The van der Waals surface area contributed by atoms with Gasteiger partial charge in [-0.15, -0.1) is 0 Å². The zero-order valence-corrected chi connectivity index (χ0v) is 12.1. The zero-order chi connectivity index (χ0) is 13.8. The molecule has 0 aromatic heterocycles. The molecule has 1 heterocycles. The van der Waals surface area contributed by atoms with Crippen molar-refractivity contribution in [3.8, 4) is 5.75 Å². The summed E-state index contributed by atoms with van der Waals surface area (Å²) in [5.41, 5.74) is 1.19. The van der Waals surface area contributed by atoms with Crippen molar-refractivity contribution in [2.45, 2.75) is 39.7 Å². The number of carbonyl (C=O) groups is 1. The van der Waals surface area contributed by atoms with Crippen LogP contribution in [0.25, 0.3) is 0 Å². The van der Waals surface area contributed by atoms with E-state index in [0.717, 1.165) is 37.6 Å². The third-order valence-electron chi connectivity index (χ3n) is 3.78. The highest BCUT2D eigenvalue weighted by atomic mass is 16.5.